The highest BCUT2D eigenvalue weighted by atomic mass is 16.6. The SMILES string of the molecule is C[C@@]1(OCc2ccccc2)CN[C@@H]2C(OCc3ccccc3)[C@@]21OCc1ccccc1. The van der Waals surface area contributed by atoms with E-state index < -0.39 is 11.2 Å². The molecule has 3 aromatic rings. The highest BCUT2D eigenvalue weighted by Gasteiger charge is 2.80. The van der Waals surface area contributed by atoms with Gasteiger partial charge in [0.15, 0.2) is 0 Å². The standard InChI is InChI=1S/C27H29NO3/c1-26(30-18-22-13-7-3-8-14-22)20-28-24-25(29-17-21-11-5-2-6-12-21)27(24,26)31-19-23-15-9-4-10-16-23/h2-16,24-25,28H,17-20H2,1H3/t24-,25?,26-,27+/m1/s1. The molecule has 1 unspecified atom stereocenters. The second-order valence-electron chi connectivity index (χ2n) is 8.65. The molecule has 0 amide bonds. The van der Waals surface area contributed by atoms with Crippen molar-refractivity contribution in [3.05, 3.63) is 108 Å². The molecule has 0 bridgehead atoms. The maximum atomic E-state index is 6.64. The van der Waals surface area contributed by atoms with Crippen LogP contribution < -0.4 is 5.32 Å². The summed E-state index contributed by atoms with van der Waals surface area (Å²) in [4.78, 5) is 0. The number of ether oxygens (including phenoxy) is 3. The molecule has 4 nitrogen and oxygen atoms in total. The number of nitrogens with one attached hydrogen (secondary N) is 1. The van der Waals surface area contributed by atoms with Crippen LogP contribution in [-0.4, -0.2) is 29.9 Å². The van der Waals surface area contributed by atoms with Crippen LogP contribution in [0.15, 0.2) is 91.0 Å². The van der Waals surface area contributed by atoms with Crippen LogP contribution in [0.2, 0.25) is 0 Å². The molecule has 0 spiro atoms. The van der Waals surface area contributed by atoms with E-state index in [1.165, 1.54) is 0 Å². The number of fused-ring (bicyclic) bond motifs is 1. The number of benzene rings is 3. The summed E-state index contributed by atoms with van der Waals surface area (Å²) in [5.41, 5.74) is 2.49. The zero-order valence-electron chi connectivity index (χ0n) is 17.9. The first-order valence-corrected chi connectivity index (χ1v) is 11.0. The van der Waals surface area contributed by atoms with E-state index in [4.69, 9.17) is 14.2 Å². The largest absolute Gasteiger partial charge is 0.369 e. The van der Waals surface area contributed by atoms with Crippen molar-refractivity contribution in [3.63, 3.8) is 0 Å². The minimum atomic E-state index is -0.508. The average molecular weight is 416 g/mol. The van der Waals surface area contributed by atoms with Crippen LogP contribution in [0.25, 0.3) is 0 Å². The Hall–Kier alpha value is -2.50. The van der Waals surface area contributed by atoms with Gasteiger partial charge in [0.2, 0.25) is 0 Å². The highest BCUT2D eigenvalue weighted by Crippen LogP contribution is 2.56. The Bertz CT molecular complexity index is 981. The summed E-state index contributed by atoms with van der Waals surface area (Å²) in [6.07, 6.45) is -0.0501. The van der Waals surface area contributed by atoms with Gasteiger partial charge in [0.05, 0.1) is 25.9 Å². The van der Waals surface area contributed by atoms with Crippen molar-refractivity contribution in [1.82, 2.24) is 5.32 Å². The van der Waals surface area contributed by atoms with Gasteiger partial charge in [-0.1, -0.05) is 91.0 Å². The third-order valence-corrected chi connectivity index (χ3v) is 6.56. The Kier molecular flexibility index (Phi) is 5.63. The first-order chi connectivity index (χ1) is 15.2. The molecule has 3 aromatic carbocycles. The Morgan fingerprint density at radius 2 is 1.19 bits per heavy atom. The average Bonchev–Trinajstić information content (AvgIpc) is 3.38. The molecule has 1 saturated carbocycles. The van der Waals surface area contributed by atoms with E-state index in [-0.39, 0.29) is 12.1 Å². The van der Waals surface area contributed by atoms with Crippen LogP contribution in [0.5, 0.6) is 0 Å². The molecule has 1 heterocycles. The Morgan fingerprint density at radius 1 is 0.710 bits per heavy atom. The number of rotatable bonds is 9. The number of hydrogen-bond donors (Lipinski definition) is 1. The second kappa shape index (κ2) is 8.56. The first kappa shape index (κ1) is 20.4. The fourth-order valence-electron chi connectivity index (χ4n) is 4.73. The molecule has 4 atom stereocenters. The van der Waals surface area contributed by atoms with Crippen LogP contribution in [-0.2, 0) is 34.0 Å². The van der Waals surface area contributed by atoms with Crippen LogP contribution in [0.3, 0.4) is 0 Å². The van der Waals surface area contributed by atoms with E-state index in [0.717, 1.165) is 23.2 Å². The molecule has 1 saturated heterocycles. The van der Waals surface area contributed by atoms with Crippen LogP contribution in [0.4, 0.5) is 0 Å². The van der Waals surface area contributed by atoms with Gasteiger partial charge in [0.25, 0.3) is 0 Å². The zero-order valence-corrected chi connectivity index (χ0v) is 17.9. The third-order valence-electron chi connectivity index (χ3n) is 6.56. The molecule has 160 valence electrons. The Balaban J connectivity index is 1.33. The van der Waals surface area contributed by atoms with E-state index in [0.29, 0.717) is 19.8 Å². The van der Waals surface area contributed by atoms with Gasteiger partial charge in [-0.15, -0.1) is 0 Å². The summed E-state index contributed by atoms with van der Waals surface area (Å²) in [7, 11) is 0. The van der Waals surface area contributed by atoms with Crippen LogP contribution >= 0.6 is 0 Å². The first-order valence-electron chi connectivity index (χ1n) is 11.0. The van der Waals surface area contributed by atoms with Crippen molar-refractivity contribution in [3.8, 4) is 0 Å². The summed E-state index contributed by atoms with van der Waals surface area (Å²) in [6.45, 7) is 4.54. The maximum absolute atomic E-state index is 6.64. The lowest BCUT2D eigenvalue weighted by atomic mass is 9.97. The lowest BCUT2D eigenvalue weighted by molar-refractivity contribution is -0.170. The van der Waals surface area contributed by atoms with Gasteiger partial charge < -0.3 is 19.5 Å². The number of piperidine rings is 1. The fourth-order valence-corrected chi connectivity index (χ4v) is 4.73. The van der Waals surface area contributed by atoms with Crippen molar-refractivity contribution in [2.45, 2.75) is 50.1 Å². The van der Waals surface area contributed by atoms with Crippen LogP contribution in [0, 0.1) is 0 Å². The van der Waals surface area contributed by atoms with Gasteiger partial charge in [0, 0.05) is 6.54 Å². The topological polar surface area (TPSA) is 39.7 Å². The molecule has 1 aliphatic carbocycles. The van der Waals surface area contributed by atoms with E-state index in [1.807, 2.05) is 54.6 Å². The monoisotopic (exact) mass is 415 g/mol. The van der Waals surface area contributed by atoms with Crippen molar-refractivity contribution < 1.29 is 14.2 Å². The molecule has 1 N–H and O–H groups in total. The highest BCUT2D eigenvalue weighted by molar-refractivity contribution is 5.35. The Morgan fingerprint density at radius 3 is 1.74 bits per heavy atom. The summed E-state index contributed by atoms with van der Waals surface area (Å²) in [5.74, 6) is 0. The predicted molar refractivity (Wildman–Crippen MR) is 120 cm³/mol. The van der Waals surface area contributed by atoms with Crippen molar-refractivity contribution >= 4 is 0 Å². The molecular formula is C27H29NO3. The van der Waals surface area contributed by atoms with Crippen LogP contribution in [0.1, 0.15) is 23.6 Å². The summed E-state index contributed by atoms with van der Waals surface area (Å²) >= 11 is 0. The Labute approximate surface area is 184 Å². The molecule has 4 heteroatoms. The maximum Gasteiger partial charge on any atom is 0.144 e. The van der Waals surface area contributed by atoms with Crippen molar-refractivity contribution in [2.24, 2.45) is 0 Å². The minimum Gasteiger partial charge on any atom is -0.369 e. The molecule has 0 radical (unpaired) electrons. The quantitative estimate of drug-likeness (QED) is 0.559. The zero-order chi connectivity index (χ0) is 21.2. The lowest BCUT2D eigenvalue weighted by Gasteiger charge is -2.35. The van der Waals surface area contributed by atoms with E-state index >= 15 is 0 Å². The van der Waals surface area contributed by atoms with Gasteiger partial charge >= 0.3 is 0 Å². The summed E-state index contributed by atoms with van der Waals surface area (Å²) in [5, 5.41) is 3.61. The lowest BCUT2D eigenvalue weighted by Crippen LogP contribution is -2.50. The van der Waals surface area contributed by atoms with E-state index in [2.05, 4.69) is 48.6 Å². The van der Waals surface area contributed by atoms with Crippen molar-refractivity contribution in [1.29, 1.82) is 0 Å². The second-order valence-corrected chi connectivity index (χ2v) is 8.65. The van der Waals surface area contributed by atoms with Gasteiger partial charge in [-0.25, -0.2) is 0 Å². The summed E-state index contributed by atoms with van der Waals surface area (Å²) < 4.78 is 19.6. The summed E-state index contributed by atoms with van der Waals surface area (Å²) in [6, 6.07) is 31.0. The van der Waals surface area contributed by atoms with Gasteiger partial charge in [0.1, 0.15) is 17.3 Å². The molecular weight excluding hydrogens is 386 g/mol. The number of hydrogen-bond acceptors (Lipinski definition) is 4. The molecule has 2 fully saturated rings. The molecule has 2 aliphatic rings. The molecule has 5 rings (SSSR count). The normalized spacial score (nSPS) is 28.9. The van der Waals surface area contributed by atoms with E-state index in [1.54, 1.807) is 0 Å². The third kappa shape index (κ3) is 3.92. The molecule has 31 heavy (non-hydrogen) atoms. The molecule has 1 aliphatic heterocycles. The van der Waals surface area contributed by atoms with Gasteiger partial charge in [-0.2, -0.15) is 0 Å². The van der Waals surface area contributed by atoms with Crippen molar-refractivity contribution in [2.75, 3.05) is 6.54 Å². The van der Waals surface area contributed by atoms with Gasteiger partial charge in [-0.05, 0) is 23.6 Å². The fraction of sp³-hybridized carbons (Fsp3) is 0.333. The van der Waals surface area contributed by atoms with Gasteiger partial charge in [-0.3, -0.25) is 0 Å². The smallest absolute Gasteiger partial charge is 0.144 e. The predicted octanol–water partition coefficient (Wildman–Crippen LogP) is 4.49. The minimum absolute atomic E-state index is 0.0501. The molecule has 0 aromatic heterocycles. The van der Waals surface area contributed by atoms with E-state index in [9.17, 15) is 0 Å².